The number of hydroxylamine groups is 1. The highest BCUT2D eigenvalue weighted by Gasteiger charge is 1.87. The number of thiocarbonyl (C=S) groups is 1. The molecule has 54 valence electrons. The summed E-state index contributed by atoms with van der Waals surface area (Å²) in [6.07, 6.45) is 1.06. The van der Waals surface area contributed by atoms with Crippen molar-refractivity contribution in [1.29, 1.82) is 0 Å². The fraction of sp³-hybridized carbons (Fsp3) is 0.800. The van der Waals surface area contributed by atoms with E-state index in [1.165, 1.54) is 7.11 Å². The van der Waals surface area contributed by atoms with E-state index in [-0.39, 0.29) is 0 Å². The molecule has 0 amide bonds. The second-order valence-corrected chi connectivity index (χ2v) is 1.97. The molecule has 4 heteroatoms. The molecule has 0 spiro atoms. The number of hydrogen-bond donors (Lipinski definition) is 2. The van der Waals surface area contributed by atoms with Crippen molar-refractivity contribution < 1.29 is 4.84 Å². The first kappa shape index (κ1) is 8.65. The maximum atomic E-state index is 4.77. The van der Waals surface area contributed by atoms with Crippen molar-refractivity contribution >= 4 is 17.3 Å². The molecule has 0 aromatic rings. The molecule has 0 bridgehead atoms. The topological polar surface area (TPSA) is 33.3 Å². The Balaban J connectivity index is 3.06. The molecule has 0 aliphatic rings. The highest BCUT2D eigenvalue weighted by atomic mass is 32.1. The summed E-state index contributed by atoms with van der Waals surface area (Å²) < 4.78 is 0. The van der Waals surface area contributed by atoms with Crippen LogP contribution in [0.25, 0.3) is 0 Å². The van der Waals surface area contributed by atoms with Crippen LogP contribution in [0.1, 0.15) is 13.3 Å². The molecular weight excluding hydrogens is 136 g/mol. The van der Waals surface area contributed by atoms with Gasteiger partial charge in [0.1, 0.15) is 0 Å². The summed E-state index contributed by atoms with van der Waals surface area (Å²) in [4.78, 5) is 4.55. The van der Waals surface area contributed by atoms with E-state index in [2.05, 4.69) is 22.6 Å². The molecule has 0 atom stereocenters. The van der Waals surface area contributed by atoms with Crippen molar-refractivity contribution in [3.8, 4) is 0 Å². The van der Waals surface area contributed by atoms with Gasteiger partial charge in [0.2, 0.25) is 0 Å². The Morgan fingerprint density at radius 2 is 2.33 bits per heavy atom. The molecule has 0 aliphatic heterocycles. The van der Waals surface area contributed by atoms with E-state index in [4.69, 9.17) is 12.2 Å². The van der Waals surface area contributed by atoms with Crippen LogP contribution in [0, 0.1) is 0 Å². The van der Waals surface area contributed by atoms with Crippen molar-refractivity contribution in [3.05, 3.63) is 0 Å². The van der Waals surface area contributed by atoms with E-state index in [9.17, 15) is 0 Å². The molecule has 0 aromatic carbocycles. The average molecular weight is 148 g/mol. The minimum absolute atomic E-state index is 0.541. The SMILES string of the molecule is CCCNC(=S)NOC. The third kappa shape index (κ3) is 5.52. The zero-order valence-electron chi connectivity index (χ0n) is 5.73. The summed E-state index contributed by atoms with van der Waals surface area (Å²) in [6.45, 7) is 2.96. The van der Waals surface area contributed by atoms with Crippen molar-refractivity contribution in [3.63, 3.8) is 0 Å². The van der Waals surface area contributed by atoms with Crippen LogP contribution in [0.5, 0.6) is 0 Å². The standard InChI is InChI=1S/C5H12N2OS/c1-3-4-6-5(9)7-8-2/h3-4H2,1-2H3,(H2,6,7,9). The average Bonchev–Trinajstić information content (AvgIpc) is 1.85. The lowest BCUT2D eigenvalue weighted by Crippen LogP contribution is -2.34. The Morgan fingerprint density at radius 3 is 2.78 bits per heavy atom. The van der Waals surface area contributed by atoms with Gasteiger partial charge in [-0.25, -0.2) is 5.48 Å². The maximum Gasteiger partial charge on any atom is 0.190 e. The van der Waals surface area contributed by atoms with Crippen LogP contribution >= 0.6 is 12.2 Å². The van der Waals surface area contributed by atoms with Gasteiger partial charge in [0.15, 0.2) is 5.11 Å². The molecule has 0 rings (SSSR count). The first-order valence-electron chi connectivity index (χ1n) is 2.88. The molecule has 3 nitrogen and oxygen atoms in total. The first-order chi connectivity index (χ1) is 4.31. The van der Waals surface area contributed by atoms with Crippen LogP contribution in [0.15, 0.2) is 0 Å². The monoisotopic (exact) mass is 148 g/mol. The van der Waals surface area contributed by atoms with Gasteiger partial charge in [0.05, 0.1) is 7.11 Å². The Hall–Kier alpha value is -0.350. The third-order valence-corrected chi connectivity index (χ3v) is 0.958. The molecule has 0 unspecified atom stereocenters. The van der Waals surface area contributed by atoms with Crippen LogP contribution in [-0.2, 0) is 4.84 Å². The predicted molar refractivity (Wildman–Crippen MR) is 41.0 cm³/mol. The van der Waals surface area contributed by atoms with Crippen molar-refractivity contribution in [2.45, 2.75) is 13.3 Å². The van der Waals surface area contributed by atoms with Gasteiger partial charge >= 0.3 is 0 Å². The van der Waals surface area contributed by atoms with Gasteiger partial charge in [-0.3, -0.25) is 4.84 Å². The van der Waals surface area contributed by atoms with E-state index in [0.717, 1.165) is 13.0 Å². The van der Waals surface area contributed by atoms with Crippen LogP contribution in [-0.4, -0.2) is 18.8 Å². The first-order valence-corrected chi connectivity index (χ1v) is 3.29. The molecule has 9 heavy (non-hydrogen) atoms. The van der Waals surface area contributed by atoms with Gasteiger partial charge in [-0.15, -0.1) is 0 Å². The fourth-order valence-corrected chi connectivity index (χ4v) is 0.553. The molecule has 0 aliphatic carbocycles. The Kier molecular flexibility index (Phi) is 5.56. The van der Waals surface area contributed by atoms with Gasteiger partial charge in [-0.05, 0) is 18.6 Å². The summed E-state index contributed by atoms with van der Waals surface area (Å²) in [5.41, 5.74) is 2.50. The quantitative estimate of drug-likeness (QED) is 0.449. The van der Waals surface area contributed by atoms with Crippen LogP contribution in [0.4, 0.5) is 0 Å². The van der Waals surface area contributed by atoms with E-state index >= 15 is 0 Å². The minimum atomic E-state index is 0.541. The summed E-state index contributed by atoms with van der Waals surface area (Å²) in [7, 11) is 1.53. The smallest absolute Gasteiger partial charge is 0.190 e. The van der Waals surface area contributed by atoms with Crippen LogP contribution < -0.4 is 10.8 Å². The van der Waals surface area contributed by atoms with E-state index in [1.807, 2.05) is 0 Å². The summed E-state index contributed by atoms with van der Waals surface area (Å²) in [6, 6.07) is 0. The van der Waals surface area contributed by atoms with Crippen molar-refractivity contribution in [2.75, 3.05) is 13.7 Å². The van der Waals surface area contributed by atoms with E-state index in [0.29, 0.717) is 5.11 Å². The predicted octanol–water partition coefficient (Wildman–Crippen LogP) is 0.422. The highest BCUT2D eigenvalue weighted by molar-refractivity contribution is 7.80. The lowest BCUT2D eigenvalue weighted by atomic mass is 10.5. The normalized spacial score (nSPS) is 8.67. The van der Waals surface area contributed by atoms with Gasteiger partial charge < -0.3 is 5.32 Å². The molecule has 0 heterocycles. The van der Waals surface area contributed by atoms with Crippen LogP contribution in [0.2, 0.25) is 0 Å². The molecule has 0 aromatic heterocycles. The van der Waals surface area contributed by atoms with E-state index in [1.54, 1.807) is 0 Å². The van der Waals surface area contributed by atoms with Gasteiger partial charge in [0.25, 0.3) is 0 Å². The highest BCUT2D eigenvalue weighted by Crippen LogP contribution is 1.70. The van der Waals surface area contributed by atoms with Gasteiger partial charge in [0, 0.05) is 6.54 Å². The maximum absolute atomic E-state index is 4.77. The zero-order chi connectivity index (χ0) is 7.11. The molecular formula is C5H12N2OS. The summed E-state index contributed by atoms with van der Waals surface area (Å²) in [5.74, 6) is 0. The number of hydrogen-bond acceptors (Lipinski definition) is 2. The second-order valence-electron chi connectivity index (χ2n) is 1.56. The number of rotatable bonds is 3. The molecule has 0 radical (unpaired) electrons. The Bertz CT molecular complexity index is 87.0. The van der Waals surface area contributed by atoms with Crippen molar-refractivity contribution in [1.82, 2.24) is 10.8 Å². The minimum Gasteiger partial charge on any atom is -0.361 e. The zero-order valence-corrected chi connectivity index (χ0v) is 6.55. The van der Waals surface area contributed by atoms with Gasteiger partial charge in [-0.2, -0.15) is 0 Å². The molecule has 0 fully saturated rings. The molecule has 0 saturated carbocycles. The second kappa shape index (κ2) is 5.78. The lowest BCUT2D eigenvalue weighted by Gasteiger charge is -2.05. The van der Waals surface area contributed by atoms with E-state index < -0.39 is 0 Å². The largest absolute Gasteiger partial charge is 0.361 e. The molecule has 2 N–H and O–H groups in total. The summed E-state index contributed by atoms with van der Waals surface area (Å²) in [5, 5.41) is 3.47. The summed E-state index contributed by atoms with van der Waals surface area (Å²) >= 11 is 4.77. The number of nitrogens with one attached hydrogen (secondary N) is 2. The van der Waals surface area contributed by atoms with Crippen molar-refractivity contribution in [2.24, 2.45) is 0 Å². The van der Waals surface area contributed by atoms with Crippen LogP contribution in [0.3, 0.4) is 0 Å². The Morgan fingerprint density at radius 1 is 1.67 bits per heavy atom. The lowest BCUT2D eigenvalue weighted by molar-refractivity contribution is 0.143. The third-order valence-electron chi connectivity index (χ3n) is 0.730. The molecule has 0 saturated heterocycles. The fourth-order valence-electron chi connectivity index (χ4n) is 0.367. The Labute approximate surface area is 60.7 Å². The van der Waals surface area contributed by atoms with Gasteiger partial charge in [-0.1, -0.05) is 6.92 Å².